The summed E-state index contributed by atoms with van der Waals surface area (Å²) in [6.45, 7) is 9.55. The summed E-state index contributed by atoms with van der Waals surface area (Å²) in [5, 5.41) is 24.3. The van der Waals surface area contributed by atoms with Crippen LogP contribution in [-0.2, 0) is 0 Å². The van der Waals surface area contributed by atoms with Gasteiger partial charge in [0.1, 0.15) is 5.75 Å². The molecule has 2 rings (SSSR count). The van der Waals surface area contributed by atoms with E-state index < -0.39 is 0 Å². The molecule has 5 heteroatoms. The first-order chi connectivity index (χ1) is 9.86. The van der Waals surface area contributed by atoms with Crippen molar-refractivity contribution in [2.75, 3.05) is 32.8 Å². The summed E-state index contributed by atoms with van der Waals surface area (Å²) in [7, 11) is 0. The lowest BCUT2D eigenvalue weighted by molar-refractivity contribution is 0.0292. The smallest absolute Gasteiger partial charge is 0.123 e. The molecule has 0 saturated carbocycles. The summed E-state index contributed by atoms with van der Waals surface area (Å²) in [5.41, 5.74) is 1.21. The third-order valence-electron chi connectivity index (χ3n) is 4.25. The third kappa shape index (κ3) is 3.51. The molecular weight excluding hydrogens is 288 g/mol. The van der Waals surface area contributed by atoms with Crippen LogP contribution in [0.1, 0.15) is 31.0 Å². The number of nitrogens with zero attached hydrogens (tertiary/aromatic N) is 1. The number of rotatable bonds is 4. The molecule has 0 bridgehead atoms. The zero-order valence-electron chi connectivity index (χ0n) is 13.0. The maximum atomic E-state index is 10.5. The molecule has 1 atom stereocenters. The molecule has 1 aromatic rings. The number of hydrogen-bond acceptors (Lipinski definition) is 4. The fourth-order valence-electron chi connectivity index (χ4n) is 3.11. The van der Waals surface area contributed by atoms with Crippen molar-refractivity contribution in [3.63, 3.8) is 0 Å². The quantitative estimate of drug-likeness (QED) is 0.798. The number of nitrogens with one attached hydrogen (secondary N) is 1. The predicted octanol–water partition coefficient (Wildman–Crippen LogP) is 2.32. The van der Waals surface area contributed by atoms with Gasteiger partial charge in [-0.15, -0.1) is 0 Å². The van der Waals surface area contributed by atoms with Gasteiger partial charge >= 0.3 is 0 Å². The van der Waals surface area contributed by atoms with Gasteiger partial charge in [-0.2, -0.15) is 0 Å². The molecule has 0 aliphatic carbocycles. The van der Waals surface area contributed by atoms with Gasteiger partial charge in [0.25, 0.3) is 0 Å². The Morgan fingerprint density at radius 2 is 1.95 bits per heavy atom. The molecule has 1 aromatic carbocycles. The van der Waals surface area contributed by atoms with Crippen LogP contribution in [0.5, 0.6) is 5.75 Å². The largest absolute Gasteiger partial charge is 0.507 e. The number of halogens is 1. The summed E-state index contributed by atoms with van der Waals surface area (Å²) in [5.74, 6) is 0.282. The van der Waals surface area contributed by atoms with Crippen LogP contribution >= 0.6 is 11.6 Å². The van der Waals surface area contributed by atoms with E-state index in [9.17, 15) is 10.2 Å². The van der Waals surface area contributed by atoms with Crippen molar-refractivity contribution in [2.45, 2.75) is 26.8 Å². The summed E-state index contributed by atoms with van der Waals surface area (Å²) in [6, 6.07) is 3.52. The first-order valence-electron chi connectivity index (χ1n) is 7.41. The number of hydrogen-bond donors (Lipinski definition) is 3. The van der Waals surface area contributed by atoms with Gasteiger partial charge in [-0.1, -0.05) is 25.4 Å². The Kier molecular flexibility index (Phi) is 5.15. The molecule has 0 amide bonds. The second kappa shape index (κ2) is 6.53. The van der Waals surface area contributed by atoms with Crippen molar-refractivity contribution >= 4 is 11.6 Å². The Morgan fingerprint density at radius 3 is 2.52 bits per heavy atom. The van der Waals surface area contributed by atoms with Crippen LogP contribution in [0.15, 0.2) is 12.1 Å². The normalized spacial score (nSPS) is 18.7. The van der Waals surface area contributed by atoms with E-state index in [1.165, 1.54) is 0 Å². The monoisotopic (exact) mass is 312 g/mol. The SMILES string of the molecule is Cc1cc(Cl)cc([C@@H](N2CCNCC2)C(C)(C)CO)c1O. The second-order valence-corrected chi connectivity index (χ2v) is 6.93. The highest BCUT2D eigenvalue weighted by Crippen LogP contribution is 2.43. The number of aliphatic hydroxyl groups is 1. The average molecular weight is 313 g/mol. The molecule has 21 heavy (non-hydrogen) atoms. The number of piperazine rings is 1. The molecule has 0 unspecified atom stereocenters. The van der Waals surface area contributed by atoms with Crippen LogP contribution in [0.4, 0.5) is 0 Å². The number of aryl methyl sites for hydroxylation is 1. The molecule has 0 radical (unpaired) electrons. The van der Waals surface area contributed by atoms with E-state index >= 15 is 0 Å². The number of aliphatic hydroxyl groups excluding tert-OH is 1. The molecule has 1 heterocycles. The van der Waals surface area contributed by atoms with Crippen molar-refractivity contribution in [3.8, 4) is 5.75 Å². The van der Waals surface area contributed by atoms with E-state index in [-0.39, 0.29) is 23.8 Å². The van der Waals surface area contributed by atoms with Crippen molar-refractivity contribution in [1.29, 1.82) is 0 Å². The number of phenols is 1. The van der Waals surface area contributed by atoms with E-state index in [1.54, 1.807) is 6.07 Å². The van der Waals surface area contributed by atoms with Crippen LogP contribution in [0, 0.1) is 12.3 Å². The van der Waals surface area contributed by atoms with Crippen molar-refractivity contribution in [1.82, 2.24) is 10.2 Å². The van der Waals surface area contributed by atoms with E-state index in [1.807, 2.05) is 26.8 Å². The Labute approximate surface area is 131 Å². The molecule has 4 nitrogen and oxygen atoms in total. The van der Waals surface area contributed by atoms with E-state index in [0.717, 1.165) is 37.3 Å². The zero-order chi connectivity index (χ0) is 15.6. The first kappa shape index (κ1) is 16.6. The summed E-state index contributed by atoms with van der Waals surface area (Å²) in [4.78, 5) is 2.32. The van der Waals surface area contributed by atoms with Gasteiger partial charge in [0.2, 0.25) is 0 Å². The van der Waals surface area contributed by atoms with Crippen molar-refractivity contribution in [3.05, 3.63) is 28.3 Å². The number of phenolic OH excluding ortho intramolecular Hbond substituents is 1. The molecule has 118 valence electrons. The van der Waals surface area contributed by atoms with Gasteiger partial charge in [0.15, 0.2) is 0 Å². The van der Waals surface area contributed by atoms with Gasteiger partial charge in [-0.05, 0) is 24.6 Å². The molecule has 1 saturated heterocycles. The molecule has 3 N–H and O–H groups in total. The fraction of sp³-hybridized carbons (Fsp3) is 0.625. The third-order valence-corrected chi connectivity index (χ3v) is 4.47. The average Bonchev–Trinajstić information content (AvgIpc) is 2.45. The van der Waals surface area contributed by atoms with Gasteiger partial charge in [0, 0.05) is 54.8 Å². The molecule has 1 aliphatic rings. The lowest BCUT2D eigenvalue weighted by atomic mass is 9.79. The van der Waals surface area contributed by atoms with Gasteiger partial charge in [-0.3, -0.25) is 4.90 Å². The standard InChI is InChI=1S/C16H25ClN2O2/c1-11-8-12(17)9-13(14(11)21)15(16(2,3)10-20)19-6-4-18-5-7-19/h8-9,15,18,20-21H,4-7,10H2,1-3H3/t15-/m1/s1. The van der Waals surface area contributed by atoms with Gasteiger partial charge in [0.05, 0.1) is 0 Å². The Bertz CT molecular complexity index is 499. The number of benzene rings is 1. The van der Waals surface area contributed by atoms with Crippen molar-refractivity contribution < 1.29 is 10.2 Å². The minimum Gasteiger partial charge on any atom is -0.507 e. The van der Waals surface area contributed by atoms with E-state index in [4.69, 9.17) is 11.6 Å². The fourth-order valence-corrected chi connectivity index (χ4v) is 3.39. The first-order valence-corrected chi connectivity index (χ1v) is 7.79. The van der Waals surface area contributed by atoms with Crippen molar-refractivity contribution in [2.24, 2.45) is 5.41 Å². The molecule has 0 aromatic heterocycles. The lowest BCUT2D eigenvalue weighted by Crippen LogP contribution is -2.49. The van der Waals surface area contributed by atoms with Crippen LogP contribution in [0.25, 0.3) is 0 Å². The molecule has 1 fully saturated rings. The Morgan fingerprint density at radius 1 is 1.33 bits per heavy atom. The van der Waals surface area contributed by atoms with Crippen LogP contribution in [0.3, 0.4) is 0 Å². The van der Waals surface area contributed by atoms with Crippen LogP contribution in [0.2, 0.25) is 5.02 Å². The lowest BCUT2D eigenvalue weighted by Gasteiger charge is -2.43. The maximum absolute atomic E-state index is 10.5. The zero-order valence-corrected chi connectivity index (χ0v) is 13.7. The predicted molar refractivity (Wildman–Crippen MR) is 85.9 cm³/mol. The summed E-state index contributed by atoms with van der Waals surface area (Å²) >= 11 is 6.19. The highest BCUT2D eigenvalue weighted by atomic mass is 35.5. The molecular formula is C16H25ClN2O2. The Hall–Kier alpha value is -0.810. The number of aromatic hydroxyl groups is 1. The minimum atomic E-state index is -0.369. The van der Waals surface area contributed by atoms with Crippen LogP contribution in [-0.4, -0.2) is 47.9 Å². The summed E-state index contributed by atoms with van der Waals surface area (Å²) in [6.07, 6.45) is 0. The van der Waals surface area contributed by atoms with E-state index in [2.05, 4.69) is 10.2 Å². The van der Waals surface area contributed by atoms with E-state index in [0.29, 0.717) is 5.02 Å². The van der Waals surface area contributed by atoms with Crippen LogP contribution < -0.4 is 5.32 Å². The highest BCUT2D eigenvalue weighted by Gasteiger charge is 2.37. The highest BCUT2D eigenvalue weighted by molar-refractivity contribution is 6.30. The molecule has 1 aliphatic heterocycles. The minimum absolute atomic E-state index is 0.0482. The van der Waals surface area contributed by atoms with Gasteiger partial charge in [-0.25, -0.2) is 0 Å². The second-order valence-electron chi connectivity index (χ2n) is 6.50. The Balaban J connectivity index is 2.49. The molecule has 0 spiro atoms. The topological polar surface area (TPSA) is 55.7 Å². The maximum Gasteiger partial charge on any atom is 0.123 e. The van der Waals surface area contributed by atoms with Gasteiger partial charge < -0.3 is 15.5 Å². The summed E-state index contributed by atoms with van der Waals surface area (Å²) < 4.78 is 0.